The van der Waals surface area contributed by atoms with E-state index in [2.05, 4.69) is 13.8 Å². The van der Waals surface area contributed by atoms with E-state index in [1.807, 2.05) is 0 Å². The fraction of sp³-hybridized carbons (Fsp3) is 1.00. The van der Waals surface area contributed by atoms with Gasteiger partial charge in [0.05, 0.1) is 12.2 Å². The minimum Gasteiger partial charge on any atom is -0.393 e. The van der Waals surface area contributed by atoms with Crippen molar-refractivity contribution in [3.05, 3.63) is 0 Å². The predicted molar refractivity (Wildman–Crippen MR) is 73.1 cm³/mol. The van der Waals surface area contributed by atoms with Crippen LogP contribution in [-0.2, 0) is 0 Å². The first kappa shape index (κ1) is 14.3. The fourth-order valence-corrected chi connectivity index (χ4v) is 4.32. The summed E-state index contributed by atoms with van der Waals surface area (Å²) in [5.74, 6) is 0.182. The molecule has 0 aliphatic heterocycles. The second-order valence-corrected chi connectivity index (χ2v) is 7.14. The van der Waals surface area contributed by atoms with E-state index in [1.165, 1.54) is 6.42 Å². The summed E-state index contributed by atoms with van der Waals surface area (Å²) in [6.07, 6.45) is 6.67. The van der Waals surface area contributed by atoms with E-state index < -0.39 is 0 Å². The van der Waals surface area contributed by atoms with Crippen molar-refractivity contribution in [1.82, 2.24) is 0 Å². The number of rotatable bonds is 2. The van der Waals surface area contributed by atoms with Gasteiger partial charge in [0.2, 0.25) is 0 Å². The number of aliphatic hydroxyl groups is 2. The van der Waals surface area contributed by atoms with Crippen molar-refractivity contribution in [2.75, 3.05) is 6.54 Å². The lowest BCUT2D eigenvalue weighted by atomic mass is 9.66. The van der Waals surface area contributed by atoms with Crippen molar-refractivity contribution in [3.63, 3.8) is 0 Å². The molecule has 0 aromatic heterocycles. The summed E-state index contributed by atoms with van der Waals surface area (Å²) in [6.45, 7) is 4.75. The molecule has 0 amide bonds. The Balaban J connectivity index is 2.26. The van der Waals surface area contributed by atoms with Crippen molar-refractivity contribution >= 4 is 0 Å². The third kappa shape index (κ3) is 2.21. The van der Waals surface area contributed by atoms with Gasteiger partial charge >= 0.3 is 0 Å². The Labute approximate surface area is 111 Å². The van der Waals surface area contributed by atoms with Gasteiger partial charge in [0, 0.05) is 12.0 Å². The maximum Gasteiger partial charge on any atom is 0.0662 e. The number of hydrogen-bond donors (Lipinski definition) is 3. The van der Waals surface area contributed by atoms with E-state index in [4.69, 9.17) is 5.73 Å². The zero-order valence-electron chi connectivity index (χ0n) is 11.9. The summed E-state index contributed by atoms with van der Waals surface area (Å²) in [6, 6.07) is 0. The normalized spacial score (nSPS) is 44.8. The van der Waals surface area contributed by atoms with Crippen LogP contribution in [0, 0.1) is 16.7 Å². The molecule has 2 saturated carbocycles. The van der Waals surface area contributed by atoms with E-state index in [9.17, 15) is 10.2 Å². The number of nitrogens with two attached hydrogens (primary N) is 1. The van der Waals surface area contributed by atoms with Gasteiger partial charge in [0.25, 0.3) is 0 Å². The number of aliphatic hydroxyl groups excluding tert-OH is 2. The largest absolute Gasteiger partial charge is 0.393 e. The first-order valence-corrected chi connectivity index (χ1v) is 7.50. The molecule has 2 aliphatic rings. The molecule has 0 bridgehead atoms. The van der Waals surface area contributed by atoms with Gasteiger partial charge in [-0.05, 0) is 37.0 Å². The number of hydrogen-bond acceptors (Lipinski definition) is 3. The molecule has 3 heteroatoms. The SMILES string of the molecule is CC1(C)CCC(CN)(C2CCCCCC2O)C1O. The Hall–Kier alpha value is -0.120. The summed E-state index contributed by atoms with van der Waals surface area (Å²) in [5, 5.41) is 21.2. The Morgan fingerprint density at radius 3 is 2.28 bits per heavy atom. The van der Waals surface area contributed by atoms with Crippen LogP contribution < -0.4 is 5.73 Å². The highest BCUT2D eigenvalue weighted by Crippen LogP contribution is 2.55. The molecule has 3 nitrogen and oxygen atoms in total. The molecule has 0 heterocycles. The Kier molecular flexibility index (Phi) is 4.05. The van der Waals surface area contributed by atoms with E-state index in [0.29, 0.717) is 6.54 Å². The molecule has 0 saturated heterocycles. The van der Waals surface area contributed by atoms with Crippen LogP contribution >= 0.6 is 0 Å². The lowest BCUT2D eigenvalue weighted by Crippen LogP contribution is -2.51. The van der Waals surface area contributed by atoms with Crippen LogP contribution in [0.1, 0.15) is 58.8 Å². The highest BCUT2D eigenvalue weighted by Gasteiger charge is 2.56. The maximum atomic E-state index is 10.7. The smallest absolute Gasteiger partial charge is 0.0662 e. The Morgan fingerprint density at radius 1 is 1.06 bits per heavy atom. The van der Waals surface area contributed by atoms with Crippen LogP contribution in [0.15, 0.2) is 0 Å². The summed E-state index contributed by atoms with van der Waals surface area (Å²) < 4.78 is 0. The van der Waals surface area contributed by atoms with Gasteiger partial charge in [-0.25, -0.2) is 0 Å². The average molecular weight is 255 g/mol. The predicted octanol–water partition coefficient (Wildman–Crippen LogP) is 2.05. The van der Waals surface area contributed by atoms with Gasteiger partial charge in [0.15, 0.2) is 0 Å². The van der Waals surface area contributed by atoms with Crippen LogP contribution in [-0.4, -0.2) is 29.0 Å². The van der Waals surface area contributed by atoms with E-state index in [-0.39, 0.29) is 29.0 Å². The standard InChI is InChI=1S/C15H29NO2/c1-14(2)8-9-15(10-16,13(14)18)11-6-4-3-5-7-12(11)17/h11-13,17-18H,3-10,16H2,1-2H3. The Morgan fingerprint density at radius 2 is 1.72 bits per heavy atom. The molecular weight excluding hydrogens is 226 g/mol. The van der Waals surface area contributed by atoms with Crippen molar-refractivity contribution in [3.8, 4) is 0 Å². The van der Waals surface area contributed by atoms with Gasteiger partial charge in [-0.15, -0.1) is 0 Å². The van der Waals surface area contributed by atoms with E-state index >= 15 is 0 Å². The molecule has 106 valence electrons. The van der Waals surface area contributed by atoms with Crippen molar-refractivity contribution < 1.29 is 10.2 Å². The lowest BCUT2D eigenvalue weighted by Gasteiger charge is -2.43. The molecule has 4 N–H and O–H groups in total. The zero-order chi connectivity index (χ0) is 13.4. The third-order valence-corrected chi connectivity index (χ3v) is 5.62. The summed E-state index contributed by atoms with van der Waals surface area (Å²) in [4.78, 5) is 0. The van der Waals surface area contributed by atoms with Crippen LogP contribution in [0.25, 0.3) is 0 Å². The summed E-state index contributed by atoms with van der Waals surface area (Å²) in [7, 11) is 0. The van der Waals surface area contributed by atoms with Gasteiger partial charge in [0.1, 0.15) is 0 Å². The first-order chi connectivity index (χ1) is 8.44. The maximum absolute atomic E-state index is 10.7. The quantitative estimate of drug-likeness (QED) is 0.662. The minimum atomic E-state index is -0.382. The second kappa shape index (κ2) is 5.10. The third-order valence-electron chi connectivity index (χ3n) is 5.62. The molecule has 0 spiro atoms. The van der Waals surface area contributed by atoms with Crippen molar-refractivity contribution in [2.45, 2.75) is 71.0 Å². The second-order valence-electron chi connectivity index (χ2n) is 7.14. The van der Waals surface area contributed by atoms with Crippen LogP contribution in [0.2, 0.25) is 0 Å². The monoisotopic (exact) mass is 255 g/mol. The molecule has 0 radical (unpaired) electrons. The van der Waals surface area contributed by atoms with E-state index in [0.717, 1.165) is 38.5 Å². The Bertz CT molecular complexity index is 292. The molecule has 18 heavy (non-hydrogen) atoms. The lowest BCUT2D eigenvalue weighted by molar-refractivity contribution is -0.0757. The molecule has 2 rings (SSSR count). The average Bonchev–Trinajstić information content (AvgIpc) is 2.50. The summed E-state index contributed by atoms with van der Waals surface area (Å²) >= 11 is 0. The molecule has 2 aliphatic carbocycles. The van der Waals surface area contributed by atoms with Crippen LogP contribution in [0.5, 0.6) is 0 Å². The molecule has 4 atom stereocenters. The molecule has 4 unspecified atom stereocenters. The topological polar surface area (TPSA) is 66.5 Å². The zero-order valence-corrected chi connectivity index (χ0v) is 11.9. The van der Waals surface area contributed by atoms with Crippen molar-refractivity contribution in [2.24, 2.45) is 22.5 Å². The molecule has 0 aromatic rings. The van der Waals surface area contributed by atoms with Gasteiger partial charge in [-0.1, -0.05) is 33.1 Å². The highest BCUT2D eigenvalue weighted by atomic mass is 16.3. The van der Waals surface area contributed by atoms with Crippen LogP contribution in [0.3, 0.4) is 0 Å². The minimum absolute atomic E-state index is 0.0641. The fourth-order valence-electron chi connectivity index (χ4n) is 4.32. The van der Waals surface area contributed by atoms with Gasteiger partial charge in [-0.2, -0.15) is 0 Å². The first-order valence-electron chi connectivity index (χ1n) is 7.50. The molecule has 2 fully saturated rings. The van der Waals surface area contributed by atoms with Gasteiger partial charge < -0.3 is 15.9 Å². The van der Waals surface area contributed by atoms with E-state index in [1.54, 1.807) is 0 Å². The summed E-state index contributed by atoms with van der Waals surface area (Å²) in [5.41, 5.74) is 5.73. The highest BCUT2D eigenvalue weighted by molar-refractivity contribution is 5.06. The van der Waals surface area contributed by atoms with Crippen molar-refractivity contribution in [1.29, 1.82) is 0 Å². The molecule has 0 aromatic carbocycles. The van der Waals surface area contributed by atoms with Crippen LogP contribution in [0.4, 0.5) is 0 Å². The van der Waals surface area contributed by atoms with Gasteiger partial charge in [-0.3, -0.25) is 0 Å². The molecular formula is C15H29NO2.